The molecule has 1 aromatic rings. The predicted molar refractivity (Wildman–Crippen MR) is 99.2 cm³/mol. The van der Waals surface area contributed by atoms with Crippen LogP contribution >= 0.6 is 0 Å². The van der Waals surface area contributed by atoms with Crippen LogP contribution in [0.4, 0.5) is 10.5 Å². The van der Waals surface area contributed by atoms with Crippen molar-refractivity contribution < 1.29 is 14.7 Å². The largest absolute Gasteiger partial charge is 0.481 e. The van der Waals surface area contributed by atoms with Gasteiger partial charge in [0.25, 0.3) is 0 Å². The fourth-order valence-corrected chi connectivity index (χ4v) is 3.96. The number of urea groups is 1. The number of hydrogen-bond acceptors (Lipinski definition) is 4. The topological polar surface area (TPSA) is 120 Å². The average Bonchev–Trinajstić information content (AvgIpc) is 2.98. The van der Waals surface area contributed by atoms with Crippen LogP contribution in [0.1, 0.15) is 24.8 Å². The van der Waals surface area contributed by atoms with Crippen LogP contribution < -0.4 is 15.5 Å². The molecule has 1 unspecified atom stereocenters. The molecule has 8 heteroatoms. The number of nitrogen functional groups attached to an aromatic ring is 1. The van der Waals surface area contributed by atoms with Gasteiger partial charge in [-0.2, -0.15) is 0 Å². The van der Waals surface area contributed by atoms with Crippen molar-refractivity contribution in [3.63, 3.8) is 0 Å². The minimum atomic E-state index is -0.907. The summed E-state index contributed by atoms with van der Waals surface area (Å²) in [4.78, 5) is 26.5. The lowest BCUT2D eigenvalue weighted by Crippen LogP contribution is -2.55. The van der Waals surface area contributed by atoms with Gasteiger partial charge in [-0.3, -0.25) is 15.1 Å². The van der Waals surface area contributed by atoms with Crippen LogP contribution in [0.5, 0.6) is 0 Å². The molecular formula is C18H26N5O3+. The number of nitrogens with one attached hydrogen (secondary N) is 2. The van der Waals surface area contributed by atoms with Crippen LogP contribution in [0.25, 0.3) is 0 Å². The van der Waals surface area contributed by atoms with Gasteiger partial charge in [0.05, 0.1) is 13.0 Å². The zero-order valence-electron chi connectivity index (χ0n) is 14.8. The minimum Gasteiger partial charge on any atom is -0.481 e. The second-order valence-electron chi connectivity index (χ2n) is 6.98. The van der Waals surface area contributed by atoms with Crippen LogP contribution in [-0.4, -0.2) is 66.6 Å². The number of amidine groups is 1. The molecule has 5 N–H and O–H groups in total. The molecule has 8 nitrogen and oxygen atoms in total. The highest BCUT2D eigenvalue weighted by molar-refractivity contribution is 5.96. The Morgan fingerprint density at radius 1 is 1.31 bits per heavy atom. The zero-order valence-corrected chi connectivity index (χ0v) is 14.8. The molecule has 2 heterocycles. The van der Waals surface area contributed by atoms with E-state index < -0.39 is 5.97 Å². The van der Waals surface area contributed by atoms with Crippen LogP contribution in [0, 0.1) is 5.41 Å². The van der Waals surface area contributed by atoms with Crippen molar-refractivity contribution in [2.45, 2.75) is 25.3 Å². The van der Waals surface area contributed by atoms with E-state index in [1.165, 1.54) is 0 Å². The van der Waals surface area contributed by atoms with E-state index in [9.17, 15) is 9.59 Å². The second-order valence-corrected chi connectivity index (χ2v) is 6.98. The van der Waals surface area contributed by atoms with Crippen LogP contribution in [0.2, 0.25) is 0 Å². The van der Waals surface area contributed by atoms with E-state index in [0.29, 0.717) is 18.7 Å². The van der Waals surface area contributed by atoms with Crippen molar-refractivity contribution >= 4 is 23.5 Å². The Morgan fingerprint density at radius 2 is 1.96 bits per heavy atom. The molecule has 2 amide bonds. The standard InChI is InChI=1S/C18H25N5O3/c19-17(20)13-1-3-15(4-2-13)23(11-7-16(24)25)12-10-22(18(23)26)14-5-8-21-9-6-14/h1-4,14,21H,5-12H2,(H3-,19,20,24,25)/p+1. The summed E-state index contributed by atoms with van der Waals surface area (Å²) in [5, 5.41) is 20.0. The van der Waals surface area contributed by atoms with E-state index in [4.69, 9.17) is 16.2 Å². The van der Waals surface area contributed by atoms with Crippen LogP contribution in [-0.2, 0) is 4.79 Å². The second kappa shape index (κ2) is 7.43. The highest BCUT2D eigenvalue weighted by Crippen LogP contribution is 2.32. The lowest BCUT2D eigenvalue weighted by atomic mass is 10.1. The first kappa shape index (κ1) is 18.3. The first-order valence-electron chi connectivity index (χ1n) is 9.00. The molecule has 2 fully saturated rings. The Kier molecular flexibility index (Phi) is 5.24. The van der Waals surface area contributed by atoms with Crippen molar-refractivity contribution in [3.8, 4) is 0 Å². The number of nitrogens with zero attached hydrogens (tertiary/aromatic N) is 2. The lowest BCUT2D eigenvalue weighted by Gasteiger charge is -2.33. The monoisotopic (exact) mass is 360 g/mol. The van der Waals surface area contributed by atoms with E-state index in [2.05, 4.69) is 5.32 Å². The van der Waals surface area contributed by atoms with Crippen molar-refractivity contribution in [1.29, 1.82) is 5.41 Å². The molecule has 140 valence electrons. The smallest absolute Gasteiger partial charge is 0.424 e. The van der Waals surface area contributed by atoms with Crippen LogP contribution in [0.3, 0.4) is 0 Å². The number of carboxylic acid groups (broad SMARTS) is 1. The summed E-state index contributed by atoms with van der Waals surface area (Å²) < 4.78 is 0.0222. The third-order valence-electron chi connectivity index (χ3n) is 5.46. The molecule has 0 aromatic heterocycles. The van der Waals surface area contributed by atoms with E-state index in [1.54, 1.807) is 24.3 Å². The fourth-order valence-electron chi connectivity index (χ4n) is 3.96. The highest BCUT2D eigenvalue weighted by atomic mass is 16.4. The number of rotatable bonds is 6. The normalized spacial score (nSPS) is 24.0. The maximum atomic E-state index is 13.4. The fraction of sp³-hybridized carbons (Fsp3) is 0.500. The third-order valence-corrected chi connectivity index (χ3v) is 5.46. The number of quaternary nitrogens is 1. The van der Waals surface area contributed by atoms with Crippen LogP contribution in [0.15, 0.2) is 24.3 Å². The molecule has 0 radical (unpaired) electrons. The van der Waals surface area contributed by atoms with Gasteiger partial charge in [0.1, 0.15) is 24.6 Å². The van der Waals surface area contributed by atoms with Gasteiger partial charge in [-0.25, -0.2) is 9.28 Å². The number of carbonyl (C=O) groups is 2. The molecule has 2 aliphatic rings. The summed E-state index contributed by atoms with van der Waals surface area (Å²) in [6.07, 6.45) is 1.78. The maximum Gasteiger partial charge on any atom is 0.424 e. The van der Waals surface area contributed by atoms with Gasteiger partial charge >= 0.3 is 12.0 Å². The predicted octanol–water partition coefficient (Wildman–Crippen LogP) is 0.940. The van der Waals surface area contributed by atoms with Crippen molar-refractivity contribution in [2.24, 2.45) is 5.73 Å². The molecule has 1 aromatic carbocycles. The van der Waals surface area contributed by atoms with E-state index in [1.807, 2.05) is 4.90 Å². The zero-order chi connectivity index (χ0) is 18.7. The summed E-state index contributed by atoms with van der Waals surface area (Å²) in [7, 11) is 0. The number of hydrogen-bond donors (Lipinski definition) is 4. The number of nitrogens with two attached hydrogens (primary N) is 1. The highest BCUT2D eigenvalue weighted by Gasteiger charge is 2.50. The SMILES string of the molecule is N=C(N)c1ccc([N+]2(CCC(=O)O)CCN(C3CCNCC3)C2=O)cc1. The van der Waals surface area contributed by atoms with Gasteiger partial charge in [-0.15, -0.1) is 0 Å². The summed E-state index contributed by atoms with van der Waals surface area (Å²) >= 11 is 0. The van der Waals surface area contributed by atoms with E-state index in [-0.39, 0.29) is 35.4 Å². The number of piperidine rings is 1. The molecule has 26 heavy (non-hydrogen) atoms. The minimum absolute atomic E-state index is 0.0197. The molecule has 0 aliphatic carbocycles. The molecule has 2 aliphatic heterocycles. The van der Waals surface area contributed by atoms with Gasteiger partial charge in [-0.05, 0) is 38.1 Å². The van der Waals surface area contributed by atoms with Crippen molar-refractivity contribution in [1.82, 2.24) is 14.7 Å². The van der Waals surface area contributed by atoms with Gasteiger partial charge < -0.3 is 16.2 Å². The number of aliphatic carboxylic acids is 1. The summed E-state index contributed by atoms with van der Waals surface area (Å²) in [6, 6.07) is 7.22. The van der Waals surface area contributed by atoms with Gasteiger partial charge in [0, 0.05) is 23.7 Å². The first-order chi connectivity index (χ1) is 12.4. The number of amides is 2. The lowest BCUT2D eigenvalue weighted by molar-refractivity contribution is -0.137. The Bertz CT molecular complexity index is 699. The van der Waals surface area contributed by atoms with Crippen molar-refractivity contribution in [3.05, 3.63) is 29.8 Å². The molecule has 0 saturated carbocycles. The average molecular weight is 360 g/mol. The third kappa shape index (κ3) is 3.42. The summed E-state index contributed by atoms with van der Waals surface area (Å²) in [5.41, 5.74) is 6.87. The number of benzene rings is 1. The first-order valence-corrected chi connectivity index (χ1v) is 9.00. The van der Waals surface area contributed by atoms with Gasteiger partial charge in [0.15, 0.2) is 0 Å². The molecule has 0 spiro atoms. The van der Waals surface area contributed by atoms with Crippen molar-refractivity contribution in [2.75, 3.05) is 32.7 Å². The van der Waals surface area contributed by atoms with E-state index >= 15 is 0 Å². The van der Waals surface area contributed by atoms with Gasteiger partial charge in [0.2, 0.25) is 0 Å². The quantitative estimate of drug-likeness (QED) is 0.342. The Labute approximate surface area is 152 Å². The number of carboxylic acids is 1. The maximum absolute atomic E-state index is 13.4. The summed E-state index contributed by atoms with van der Waals surface area (Å²) in [6.45, 7) is 3.23. The summed E-state index contributed by atoms with van der Waals surface area (Å²) in [5.74, 6) is -0.936. The molecule has 3 rings (SSSR count). The van der Waals surface area contributed by atoms with E-state index in [0.717, 1.165) is 31.6 Å². The Morgan fingerprint density at radius 3 is 2.54 bits per heavy atom. The molecule has 1 atom stereocenters. The van der Waals surface area contributed by atoms with Gasteiger partial charge in [-0.1, -0.05) is 0 Å². The molecule has 0 bridgehead atoms. The number of carbonyl (C=O) groups excluding carboxylic acids is 1. The molecular weight excluding hydrogens is 334 g/mol. The molecule has 2 saturated heterocycles. The Hall–Kier alpha value is -2.45. The Balaban J connectivity index is 1.90.